The van der Waals surface area contributed by atoms with Gasteiger partial charge in [-0.25, -0.2) is 0 Å². The average Bonchev–Trinajstić information content (AvgIpc) is 2.82. The highest BCUT2D eigenvalue weighted by molar-refractivity contribution is 6.14. The van der Waals surface area contributed by atoms with Gasteiger partial charge < -0.3 is 4.90 Å². The molecule has 0 aliphatic heterocycles. The van der Waals surface area contributed by atoms with E-state index in [9.17, 15) is 4.79 Å². The van der Waals surface area contributed by atoms with E-state index in [2.05, 4.69) is 68.4 Å². The van der Waals surface area contributed by atoms with Crippen LogP contribution in [0.5, 0.6) is 0 Å². The van der Waals surface area contributed by atoms with Gasteiger partial charge in [-0.2, -0.15) is 0 Å². The van der Waals surface area contributed by atoms with E-state index >= 15 is 0 Å². The van der Waals surface area contributed by atoms with Gasteiger partial charge in [0.05, 0.1) is 0 Å². The van der Waals surface area contributed by atoms with Crippen LogP contribution in [0, 0.1) is 0 Å². The molecule has 0 spiro atoms. The predicted octanol–water partition coefficient (Wildman–Crippen LogP) is 7.13. The van der Waals surface area contributed by atoms with Crippen molar-refractivity contribution in [3.63, 3.8) is 0 Å². The number of hydrogen-bond acceptors (Lipinski definition) is 1. The summed E-state index contributed by atoms with van der Waals surface area (Å²) in [5.74, 6) is 0.0656. The summed E-state index contributed by atoms with van der Waals surface area (Å²) in [5.41, 5.74) is 5.34. The molecule has 0 aromatic heterocycles. The van der Waals surface area contributed by atoms with Gasteiger partial charge in [0.25, 0.3) is 5.91 Å². The largest absolute Gasteiger partial charge is 0.308 e. The molecule has 0 N–H and O–H groups in total. The third-order valence-electron chi connectivity index (χ3n) is 5.57. The number of rotatable bonds is 6. The molecular weight excluding hydrogens is 366 g/mol. The summed E-state index contributed by atoms with van der Waals surface area (Å²) in [6.07, 6.45) is 1.78. The number of fused-ring (bicyclic) bond motifs is 1. The van der Waals surface area contributed by atoms with Gasteiger partial charge in [-0.1, -0.05) is 86.6 Å². The highest BCUT2D eigenvalue weighted by atomic mass is 16.2. The Kier molecular flexibility index (Phi) is 5.94. The molecule has 0 heterocycles. The van der Waals surface area contributed by atoms with E-state index in [4.69, 9.17) is 0 Å². The average molecular weight is 394 g/mol. The Hall–Kier alpha value is -3.39. The van der Waals surface area contributed by atoms with Gasteiger partial charge in [-0.15, -0.1) is 0 Å². The lowest BCUT2D eigenvalue weighted by Crippen LogP contribution is -2.32. The molecule has 0 radical (unpaired) electrons. The van der Waals surface area contributed by atoms with E-state index in [0.717, 1.165) is 34.9 Å². The van der Waals surface area contributed by atoms with E-state index in [-0.39, 0.29) is 5.91 Å². The van der Waals surface area contributed by atoms with Crippen molar-refractivity contribution < 1.29 is 4.79 Å². The van der Waals surface area contributed by atoms with E-state index in [1.165, 1.54) is 16.7 Å². The quantitative estimate of drug-likeness (QED) is 0.341. The summed E-state index contributed by atoms with van der Waals surface area (Å²) in [7, 11) is 0. The monoisotopic (exact) mass is 393 g/mol. The van der Waals surface area contributed by atoms with Crippen LogP contribution in [-0.4, -0.2) is 12.5 Å². The zero-order valence-electron chi connectivity index (χ0n) is 17.6. The maximum absolute atomic E-state index is 13.7. The Balaban J connectivity index is 1.78. The molecule has 0 aliphatic carbocycles. The first-order valence-corrected chi connectivity index (χ1v) is 10.7. The van der Waals surface area contributed by atoms with E-state index in [1.807, 2.05) is 41.3 Å². The number of nitrogens with zero attached hydrogens (tertiary/aromatic N) is 1. The lowest BCUT2D eigenvalue weighted by molar-refractivity contribution is 0.0988. The molecule has 0 unspecified atom stereocenters. The van der Waals surface area contributed by atoms with Gasteiger partial charge in [0.1, 0.15) is 0 Å². The van der Waals surface area contributed by atoms with Gasteiger partial charge >= 0.3 is 0 Å². The van der Waals surface area contributed by atoms with Gasteiger partial charge in [-0.05, 0) is 58.5 Å². The Morgan fingerprint density at radius 3 is 2.27 bits per heavy atom. The molecule has 0 aliphatic rings. The molecule has 0 atom stereocenters. The highest BCUT2D eigenvalue weighted by Crippen LogP contribution is 2.30. The van der Waals surface area contributed by atoms with Gasteiger partial charge in [0.15, 0.2) is 0 Å². The van der Waals surface area contributed by atoms with Crippen LogP contribution >= 0.6 is 0 Å². The van der Waals surface area contributed by atoms with Crippen LogP contribution in [0.4, 0.5) is 5.69 Å². The highest BCUT2D eigenvalue weighted by Gasteiger charge is 2.21. The first-order valence-electron chi connectivity index (χ1n) is 10.7. The van der Waals surface area contributed by atoms with Crippen molar-refractivity contribution in [3.8, 4) is 11.1 Å². The first-order chi connectivity index (χ1) is 14.7. The number of benzene rings is 4. The van der Waals surface area contributed by atoms with Crippen molar-refractivity contribution in [3.05, 3.63) is 102 Å². The second kappa shape index (κ2) is 8.96. The predicted molar refractivity (Wildman–Crippen MR) is 127 cm³/mol. The van der Waals surface area contributed by atoms with Crippen LogP contribution in [0.25, 0.3) is 21.9 Å². The molecule has 30 heavy (non-hydrogen) atoms. The Labute approximate surface area is 178 Å². The van der Waals surface area contributed by atoms with Crippen LogP contribution in [0.3, 0.4) is 0 Å². The normalized spacial score (nSPS) is 10.9. The summed E-state index contributed by atoms with van der Waals surface area (Å²) in [4.78, 5) is 15.7. The summed E-state index contributed by atoms with van der Waals surface area (Å²) >= 11 is 0. The summed E-state index contributed by atoms with van der Waals surface area (Å²) in [5, 5.41) is 2.10. The molecular formula is C28H27NO. The smallest absolute Gasteiger partial charge is 0.258 e. The van der Waals surface area contributed by atoms with Gasteiger partial charge in [0, 0.05) is 17.8 Å². The first kappa shape index (κ1) is 19.9. The molecule has 1 amide bonds. The van der Waals surface area contributed by atoms with Crippen molar-refractivity contribution in [1.82, 2.24) is 0 Å². The number of aryl methyl sites for hydroxylation is 1. The van der Waals surface area contributed by atoms with E-state index in [0.29, 0.717) is 6.54 Å². The maximum Gasteiger partial charge on any atom is 0.258 e. The Morgan fingerprint density at radius 2 is 1.50 bits per heavy atom. The lowest BCUT2D eigenvalue weighted by atomic mass is 9.98. The minimum atomic E-state index is 0.0656. The molecule has 4 aromatic carbocycles. The van der Waals surface area contributed by atoms with E-state index < -0.39 is 0 Å². The summed E-state index contributed by atoms with van der Waals surface area (Å²) < 4.78 is 0. The zero-order chi connectivity index (χ0) is 20.9. The van der Waals surface area contributed by atoms with Crippen molar-refractivity contribution >= 4 is 22.4 Å². The third kappa shape index (κ3) is 3.86. The zero-order valence-corrected chi connectivity index (χ0v) is 17.6. The van der Waals surface area contributed by atoms with E-state index in [1.54, 1.807) is 0 Å². The molecule has 4 rings (SSSR count). The third-order valence-corrected chi connectivity index (χ3v) is 5.57. The molecule has 150 valence electrons. The van der Waals surface area contributed by atoms with Crippen molar-refractivity contribution in [2.24, 2.45) is 0 Å². The number of carbonyl (C=O) groups is 1. The van der Waals surface area contributed by atoms with Crippen LogP contribution in [0.1, 0.15) is 36.2 Å². The van der Waals surface area contributed by atoms with Gasteiger partial charge in [-0.3, -0.25) is 4.79 Å². The van der Waals surface area contributed by atoms with Crippen molar-refractivity contribution in [1.29, 1.82) is 0 Å². The molecule has 0 saturated carbocycles. The number of carbonyl (C=O) groups excluding carboxylic acids is 1. The van der Waals surface area contributed by atoms with Crippen LogP contribution in [0.2, 0.25) is 0 Å². The van der Waals surface area contributed by atoms with Crippen LogP contribution < -0.4 is 4.90 Å². The van der Waals surface area contributed by atoms with Crippen LogP contribution in [-0.2, 0) is 6.42 Å². The fourth-order valence-corrected chi connectivity index (χ4v) is 4.05. The molecule has 0 fully saturated rings. The molecule has 0 saturated heterocycles. The lowest BCUT2D eigenvalue weighted by Gasteiger charge is -2.26. The standard InChI is InChI=1S/C28H27NO/c1-3-19-29(28(30)26-16-10-14-23-13-8-9-15-25(23)26)27-18-17-24(20-21(27)4-2)22-11-6-5-7-12-22/h5-18,20H,3-4,19H2,1-2H3. The minimum absolute atomic E-state index is 0.0656. The van der Waals surface area contributed by atoms with Crippen molar-refractivity contribution in [2.75, 3.05) is 11.4 Å². The number of hydrogen-bond donors (Lipinski definition) is 0. The Morgan fingerprint density at radius 1 is 0.767 bits per heavy atom. The second-order valence-corrected chi connectivity index (χ2v) is 7.55. The fourth-order valence-electron chi connectivity index (χ4n) is 4.05. The topological polar surface area (TPSA) is 20.3 Å². The molecule has 4 aromatic rings. The van der Waals surface area contributed by atoms with Gasteiger partial charge in [0.2, 0.25) is 0 Å². The summed E-state index contributed by atoms with van der Waals surface area (Å²) in [6.45, 7) is 4.97. The number of amides is 1. The minimum Gasteiger partial charge on any atom is -0.308 e. The van der Waals surface area contributed by atoms with Crippen LogP contribution in [0.15, 0.2) is 91.0 Å². The molecule has 0 bridgehead atoms. The summed E-state index contributed by atoms with van der Waals surface area (Å²) in [6, 6.07) is 30.9. The number of anilines is 1. The maximum atomic E-state index is 13.7. The van der Waals surface area contributed by atoms with Crippen molar-refractivity contribution in [2.45, 2.75) is 26.7 Å². The second-order valence-electron chi connectivity index (χ2n) is 7.55. The molecule has 2 nitrogen and oxygen atoms in total. The SMILES string of the molecule is CCCN(C(=O)c1cccc2ccccc12)c1ccc(-c2ccccc2)cc1CC. The molecule has 2 heteroatoms. The Bertz CT molecular complexity index is 1160. The fraction of sp³-hybridized carbons (Fsp3) is 0.179.